The van der Waals surface area contributed by atoms with E-state index >= 15 is 0 Å². The summed E-state index contributed by atoms with van der Waals surface area (Å²) in [6.07, 6.45) is -1.44. The van der Waals surface area contributed by atoms with Gasteiger partial charge in [-0.2, -0.15) is 18.2 Å². The number of anilines is 2. The third kappa shape index (κ3) is 6.02. The first kappa shape index (κ1) is 24.5. The number of carbonyl (C=O) groups excluding carboxylic acids is 1. The molecule has 0 radical (unpaired) electrons. The van der Waals surface area contributed by atoms with Gasteiger partial charge in [0.25, 0.3) is 5.91 Å². The first-order valence-electron chi connectivity index (χ1n) is 10.5. The molecule has 1 saturated carbocycles. The zero-order valence-electron chi connectivity index (χ0n) is 18.2. The molecule has 0 bridgehead atoms. The van der Waals surface area contributed by atoms with Gasteiger partial charge in [-0.3, -0.25) is 7.91 Å². The minimum Gasteiger partial charge on any atom is -0.349 e. The Kier molecular flexibility index (Phi) is 7.84. The fourth-order valence-corrected chi connectivity index (χ4v) is 4.61. The van der Waals surface area contributed by atoms with Crippen molar-refractivity contribution in [3.8, 4) is 0 Å². The van der Waals surface area contributed by atoms with Crippen molar-refractivity contribution in [2.75, 3.05) is 22.1 Å². The number of aromatic nitrogens is 2. The highest BCUT2D eigenvalue weighted by atomic mass is 127. The van der Waals surface area contributed by atoms with Crippen LogP contribution in [0.15, 0.2) is 36.4 Å². The van der Waals surface area contributed by atoms with Crippen molar-refractivity contribution in [2.45, 2.75) is 50.9 Å². The van der Waals surface area contributed by atoms with Crippen LogP contribution in [0.1, 0.15) is 48.7 Å². The largest absolute Gasteiger partial charge is 0.433 e. The number of amides is 1. The van der Waals surface area contributed by atoms with Crippen LogP contribution in [0, 0.1) is 5.92 Å². The predicted octanol–water partition coefficient (Wildman–Crippen LogP) is 5.10. The van der Waals surface area contributed by atoms with E-state index in [4.69, 9.17) is 0 Å². The molecule has 0 aliphatic heterocycles. The van der Waals surface area contributed by atoms with Gasteiger partial charge in [0.1, 0.15) is 5.82 Å². The monoisotopic (exact) mass is 561 g/mol. The molecular weight excluding hydrogens is 534 g/mol. The van der Waals surface area contributed by atoms with Gasteiger partial charge in [0.05, 0.1) is 22.9 Å². The number of carbonyl (C=O) groups is 1. The molecule has 0 saturated heterocycles. The second-order valence-corrected chi connectivity index (χ2v) is 9.39. The molecule has 1 N–H and O–H groups in total. The van der Waals surface area contributed by atoms with Crippen LogP contribution >= 0.6 is 22.9 Å². The lowest BCUT2D eigenvalue weighted by Crippen LogP contribution is -2.39. The number of hydrogen-bond donors (Lipinski definition) is 1. The van der Waals surface area contributed by atoms with Crippen LogP contribution in [-0.4, -0.2) is 42.1 Å². The Labute approximate surface area is 200 Å². The Morgan fingerprint density at radius 3 is 2.38 bits per heavy atom. The molecule has 3 rings (SSSR count). The SMILES string of the molecule is CC1CC[C@H](N(I)c2cc(C(F)(F)F)nc(N(C)C)n2)CC[C@@H]1NC(=O)c1ccccc1. The Hall–Kier alpha value is -2.11. The van der Waals surface area contributed by atoms with Crippen molar-refractivity contribution >= 4 is 40.5 Å². The lowest BCUT2D eigenvalue weighted by Gasteiger charge is -2.27. The first-order valence-corrected chi connectivity index (χ1v) is 11.5. The number of nitrogens with zero attached hydrogens (tertiary/aromatic N) is 4. The highest BCUT2D eigenvalue weighted by Gasteiger charge is 2.35. The van der Waals surface area contributed by atoms with Crippen LogP contribution in [0.5, 0.6) is 0 Å². The van der Waals surface area contributed by atoms with Gasteiger partial charge in [-0.05, 0) is 43.7 Å². The molecule has 3 atom stereocenters. The number of benzene rings is 1. The van der Waals surface area contributed by atoms with Gasteiger partial charge < -0.3 is 10.2 Å². The molecule has 1 aliphatic carbocycles. The number of nitrogens with one attached hydrogen (secondary N) is 1. The zero-order valence-corrected chi connectivity index (χ0v) is 20.4. The summed E-state index contributed by atoms with van der Waals surface area (Å²) >= 11 is 2.05. The van der Waals surface area contributed by atoms with Crippen LogP contribution in [0.3, 0.4) is 0 Å². The number of alkyl halides is 3. The second kappa shape index (κ2) is 10.2. The molecule has 1 heterocycles. The molecule has 1 amide bonds. The van der Waals surface area contributed by atoms with Crippen molar-refractivity contribution in [2.24, 2.45) is 5.92 Å². The van der Waals surface area contributed by atoms with Crippen molar-refractivity contribution < 1.29 is 18.0 Å². The minimum absolute atomic E-state index is 0.00248. The highest BCUT2D eigenvalue weighted by Crippen LogP contribution is 2.35. The smallest absolute Gasteiger partial charge is 0.349 e. The van der Waals surface area contributed by atoms with E-state index in [9.17, 15) is 18.0 Å². The molecule has 2 aromatic rings. The van der Waals surface area contributed by atoms with Gasteiger partial charge in [-0.15, -0.1) is 0 Å². The van der Waals surface area contributed by atoms with E-state index in [-0.39, 0.29) is 35.7 Å². The van der Waals surface area contributed by atoms with Crippen LogP contribution in [-0.2, 0) is 6.18 Å². The minimum atomic E-state index is -4.55. The van der Waals surface area contributed by atoms with Gasteiger partial charge in [0.15, 0.2) is 5.69 Å². The van der Waals surface area contributed by atoms with Crippen molar-refractivity contribution in [1.82, 2.24) is 15.3 Å². The van der Waals surface area contributed by atoms with E-state index in [1.54, 1.807) is 29.3 Å². The van der Waals surface area contributed by atoms with E-state index < -0.39 is 11.9 Å². The van der Waals surface area contributed by atoms with E-state index in [2.05, 4.69) is 22.2 Å². The Balaban J connectivity index is 1.74. The summed E-state index contributed by atoms with van der Waals surface area (Å²) < 4.78 is 41.9. The molecule has 32 heavy (non-hydrogen) atoms. The average molecular weight is 561 g/mol. The maximum Gasteiger partial charge on any atom is 0.433 e. The lowest BCUT2D eigenvalue weighted by atomic mass is 9.96. The molecule has 1 fully saturated rings. The molecule has 1 aromatic heterocycles. The second-order valence-electron chi connectivity index (χ2n) is 8.35. The maximum absolute atomic E-state index is 13.4. The van der Waals surface area contributed by atoms with E-state index in [1.165, 1.54) is 4.90 Å². The molecule has 1 aliphatic rings. The summed E-state index contributed by atoms with van der Waals surface area (Å²) in [5.74, 6) is 0.409. The van der Waals surface area contributed by atoms with Gasteiger partial charge in [-0.25, -0.2) is 4.98 Å². The quantitative estimate of drug-likeness (QED) is 0.313. The van der Waals surface area contributed by atoms with Gasteiger partial charge >= 0.3 is 6.18 Å². The van der Waals surface area contributed by atoms with Crippen molar-refractivity contribution in [1.29, 1.82) is 0 Å². The van der Waals surface area contributed by atoms with Crippen molar-refractivity contribution in [3.05, 3.63) is 47.7 Å². The normalized spacial score (nSPS) is 21.5. The molecule has 10 heteroatoms. The van der Waals surface area contributed by atoms with E-state index in [0.717, 1.165) is 31.7 Å². The summed E-state index contributed by atoms with van der Waals surface area (Å²) in [4.78, 5) is 22.0. The van der Waals surface area contributed by atoms with E-state index in [0.29, 0.717) is 5.56 Å². The third-order valence-corrected chi connectivity index (χ3v) is 7.02. The molecule has 1 aromatic carbocycles. The van der Waals surface area contributed by atoms with Crippen LogP contribution in [0.2, 0.25) is 0 Å². The van der Waals surface area contributed by atoms with Gasteiger partial charge in [0.2, 0.25) is 5.95 Å². The van der Waals surface area contributed by atoms with Crippen molar-refractivity contribution in [3.63, 3.8) is 0 Å². The maximum atomic E-state index is 13.4. The zero-order chi connectivity index (χ0) is 23.5. The Bertz CT molecular complexity index is 926. The summed E-state index contributed by atoms with van der Waals surface area (Å²) in [7, 11) is 3.23. The summed E-state index contributed by atoms with van der Waals surface area (Å²) in [5, 5.41) is 3.14. The predicted molar refractivity (Wildman–Crippen MR) is 127 cm³/mol. The fraction of sp³-hybridized carbons (Fsp3) is 0.500. The summed E-state index contributed by atoms with van der Waals surface area (Å²) in [5.41, 5.74) is -0.337. The summed E-state index contributed by atoms with van der Waals surface area (Å²) in [6.45, 7) is 2.10. The standard InChI is InChI=1S/C22H27F3IN5O/c1-14-9-10-16(11-12-17(14)27-20(32)15-7-5-4-6-8-15)31(26)19-13-18(22(23,24)25)28-21(29-19)30(2)3/h4-8,13-14,16-17H,9-12H2,1-3H3,(H,27,32)/t14?,16-,17-/m0/s1. The molecule has 174 valence electrons. The number of hydrogen-bond acceptors (Lipinski definition) is 5. The van der Waals surface area contributed by atoms with Gasteiger partial charge in [0, 0.05) is 37.8 Å². The summed E-state index contributed by atoms with van der Waals surface area (Å²) in [6, 6.07) is 10.1. The van der Waals surface area contributed by atoms with E-state index in [1.807, 2.05) is 41.1 Å². The molecular formula is C22H27F3IN5O. The Morgan fingerprint density at radius 2 is 1.75 bits per heavy atom. The fourth-order valence-electron chi connectivity index (χ4n) is 3.80. The topological polar surface area (TPSA) is 61.4 Å². The molecule has 0 spiro atoms. The lowest BCUT2D eigenvalue weighted by molar-refractivity contribution is -0.141. The third-order valence-electron chi connectivity index (χ3n) is 5.74. The van der Waals surface area contributed by atoms with Crippen LogP contribution in [0.25, 0.3) is 0 Å². The molecule has 1 unspecified atom stereocenters. The van der Waals surface area contributed by atoms with Crippen LogP contribution < -0.4 is 13.3 Å². The highest BCUT2D eigenvalue weighted by molar-refractivity contribution is 14.1. The molecule has 6 nitrogen and oxygen atoms in total. The van der Waals surface area contributed by atoms with Gasteiger partial charge in [-0.1, -0.05) is 25.1 Å². The Morgan fingerprint density at radius 1 is 1.09 bits per heavy atom. The first-order chi connectivity index (χ1) is 15.1. The average Bonchev–Trinajstić information content (AvgIpc) is 2.94. The van der Waals surface area contributed by atoms with Crippen LogP contribution in [0.4, 0.5) is 24.9 Å². The number of halogens is 4. The number of rotatable bonds is 5.